The second-order valence-electron chi connectivity index (χ2n) is 4.67. The van der Waals surface area contributed by atoms with Crippen LogP contribution in [0.5, 0.6) is 5.75 Å². The fourth-order valence-corrected chi connectivity index (χ4v) is 2.19. The van der Waals surface area contributed by atoms with Crippen LogP contribution in [0.4, 0.5) is 4.39 Å². The number of halogens is 1. The van der Waals surface area contributed by atoms with Crippen LogP contribution in [-0.4, -0.2) is 27.4 Å². The van der Waals surface area contributed by atoms with E-state index in [0.717, 1.165) is 22.4 Å². The molecule has 0 atom stereocenters. The quantitative estimate of drug-likeness (QED) is 0.794. The molecule has 21 heavy (non-hydrogen) atoms. The lowest BCUT2D eigenvalue weighted by atomic mass is 9.98. The Morgan fingerprint density at radius 3 is 2.62 bits per heavy atom. The van der Waals surface area contributed by atoms with Gasteiger partial charge in [0.1, 0.15) is 18.2 Å². The summed E-state index contributed by atoms with van der Waals surface area (Å²) in [5, 5.41) is 3.10. The summed E-state index contributed by atoms with van der Waals surface area (Å²) >= 11 is 0. The third kappa shape index (κ3) is 4.03. The average Bonchev–Trinajstić information content (AvgIpc) is 2.50. The molecule has 0 aliphatic rings. The maximum atomic E-state index is 13.6. The maximum absolute atomic E-state index is 13.6. The minimum Gasteiger partial charge on any atom is -0.491 e. The molecule has 0 saturated carbocycles. The molecule has 1 N–H and O–H groups in total. The summed E-state index contributed by atoms with van der Waals surface area (Å²) in [7, 11) is 3.50. The highest BCUT2D eigenvalue weighted by Crippen LogP contribution is 2.32. The molecule has 2 rings (SSSR count). The molecule has 0 spiro atoms. The molecule has 112 valence electrons. The van der Waals surface area contributed by atoms with Crippen LogP contribution in [0.2, 0.25) is 0 Å². The first-order chi connectivity index (χ1) is 10.3. The topological polar surface area (TPSA) is 30.5 Å². The van der Waals surface area contributed by atoms with Crippen molar-refractivity contribution in [2.75, 3.05) is 27.4 Å². The summed E-state index contributed by atoms with van der Waals surface area (Å²) in [5.74, 6) is 0.481. The van der Waals surface area contributed by atoms with Gasteiger partial charge in [-0.2, -0.15) is 0 Å². The van der Waals surface area contributed by atoms with Crippen molar-refractivity contribution in [3.05, 3.63) is 53.8 Å². The highest BCUT2D eigenvalue weighted by molar-refractivity contribution is 5.73. The zero-order chi connectivity index (χ0) is 15.1. The number of hydrogen-bond donors (Lipinski definition) is 1. The van der Waals surface area contributed by atoms with E-state index in [0.29, 0.717) is 19.8 Å². The Bertz CT molecular complexity index is 587. The number of hydrogen-bond acceptors (Lipinski definition) is 3. The fraction of sp³-hybridized carbons (Fsp3) is 0.294. The lowest BCUT2D eigenvalue weighted by molar-refractivity contribution is 0.146. The highest BCUT2D eigenvalue weighted by atomic mass is 19.1. The Hall–Kier alpha value is -1.91. The van der Waals surface area contributed by atoms with E-state index < -0.39 is 0 Å². The fourth-order valence-electron chi connectivity index (χ4n) is 2.19. The standard InChI is InChI=1S/C17H20FNO2/c1-19-12-13-7-8-14(18)11-16(13)15-5-3-4-6-17(15)21-10-9-20-2/h3-8,11,19H,9-10,12H2,1-2H3. The van der Waals surface area contributed by atoms with Gasteiger partial charge in [-0.15, -0.1) is 0 Å². The van der Waals surface area contributed by atoms with Gasteiger partial charge < -0.3 is 14.8 Å². The van der Waals surface area contributed by atoms with Gasteiger partial charge in [0.25, 0.3) is 0 Å². The number of para-hydroxylation sites is 1. The summed E-state index contributed by atoms with van der Waals surface area (Å²) in [5.41, 5.74) is 2.76. The lowest BCUT2D eigenvalue weighted by Crippen LogP contribution is -2.08. The molecule has 0 aliphatic heterocycles. The molecule has 0 bridgehead atoms. The van der Waals surface area contributed by atoms with Crippen LogP contribution in [0, 0.1) is 5.82 Å². The molecule has 0 heterocycles. The van der Waals surface area contributed by atoms with E-state index in [9.17, 15) is 4.39 Å². The van der Waals surface area contributed by atoms with Crippen molar-refractivity contribution in [2.45, 2.75) is 6.54 Å². The van der Waals surface area contributed by atoms with Crippen molar-refractivity contribution in [2.24, 2.45) is 0 Å². The molecule has 0 amide bonds. The molecule has 0 unspecified atom stereocenters. The molecule has 2 aromatic carbocycles. The van der Waals surface area contributed by atoms with Gasteiger partial charge in [-0.05, 0) is 36.4 Å². The van der Waals surface area contributed by atoms with Crippen LogP contribution in [0.15, 0.2) is 42.5 Å². The first-order valence-corrected chi connectivity index (χ1v) is 6.90. The number of methoxy groups -OCH3 is 1. The smallest absolute Gasteiger partial charge is 0.127 e. The van der Waals surface area contributed by atoms with Gasteiger partial charge in [0.2, 0.25) is 0 Å². The highest BCUT2D eigenvalue weighted by Gasteiger charge is 2.11. The SMILES string of the molecule is CNCc1ccc(F)cc1-c1ccccc1OCCOC. The van der Waals surface area contributed by atoms with Crippen molar-refractivity contribution in [3.63, 3.8) is 0 Å². The Morgan fingerprint density at radius 1 is 1.05 bits per heavy atom. The van der Waals surface area contributed by atoms with Crippen molar-refractivity contribution in [1.29, 1.82) is 0 Å². The molecular weight excluding hydrogens is 269 g/mol. The second kappa shape index (κ2) is 7.76. The summed E-state index contributed by atoms with van der Waals surface area (Å²) in [6.45, 7) is 1.65. The molecular formula is C17H20FNO2. The van der Waals surface area contributed by atoms with Crippen LogP contribution in [0.25, 0.3) is 11.1 Å². The van der Waals surface area contributed by atoms with Crippen LogP contribution >= 0.6 is 0 Å². The molecule has 2 aromatic rings. The Balaban J connectivity index is 2.38. The van der Waals surface area contributed by atoms with E-state index in [-0.39, 0.29) is 5.82 Å². The molecule has 0 aliphatic carbocycles. The Kier molecular flexibility index (Phi) is 5.72. The molecule has 0 fully saturated rings. The van der Waals surface area contributed by atoms with E-state index >= 15 is 0 Å². The van der Waals surface area contributed by atoms with E-state index in [1.165, 1.54) is 6.07 Å². The Labute approximate surface area is 124 Å². The van der Waals surface area contributed by atoms with Gasteiger partial charge in [0.15, 0.2) is 0 Å². The normalized spacial score (nSPS) is 10.6. The van der Waals surface area contributed by atoms with E-state index in [1.54, 1.807) is 19.2 Å². The number of rotatable bonds is 7. The minimum absolute atomic E-state index is 0.253. The average molecular weight is 289 g/mol. The van der Waals surface area contributed by atoms with Crippen molar-refractivity contribution < 1.29 is 13.9 Å². The second-order valence-corrected chi connectivity index (χ2v) is 4.67. The Morgan fingerprint density at radius 2 is 1.86 bits per heavy atom. The minimum atomic E-state index is -0.253. The van der Waals surface area contributed by atoms with Crippen molar-refractivity contribution in [1.82, 2.24) is 5.32 Å². The monoisotopic (exact) mass is 289 g/mol. The van der Waals surface area contributed by atoms with E-state index in [4.69, 9.17) is 9.47 Å². The first kappa shape index (κ1) is 15.5. The predicted octanol–water partition coefficient (Wildman–Crippen LogP) is 3.24. The zero-order valence-corrected chi connectivity index (χ0v) is 12.4. The van der Waals surface area contributed by atoms with Crippen molar-refractivity contribution >= 4 is 0 Å². The van der Waals surface area contributed by atoms with Gasteiger partial charge in [-0.1, -0.05) is 24.3 Å². The third-order valence-electron chi connectivity index (χ3n) is 3.16. The maximum Gasteiger partial charge on any atom is 0.127 e. The summed E-state index contributed by atoms with van der Waals surface area (Å²) in [4.78, 5) is 0. The molecule has 4 heteroatoms. The van der Waals surface area contributed by atoms with Crippen LogP contribution in [0.1, 0.15) is 5.56 Å². The summed E-state index contributed by atoms with van der Waals surface area (Å²) < 4.78 is 24.4. The summed E-state index contributed by atoms with van der Waals surface area (Å²) in [6, 6.07) is 12.5. The first-order valence-electron chi connectivity index (χ1n) is 6.90. The van der Waals surface area contributed by atoms with Crippen LogP contribution in [0.3, 0.4) is 0 Å². The van der Waals surface area contributed by atoms with Gasteiger partial charge >= 0.3 is 0 Å². The van der Waals surface area contributed by atoms with Gasteiger partial charge in [-0.25, -0.2) is 4.39 Å². The zero-order valence-electron chi connectivity index (χ0n) is 12.4. The van der Waals surface area contributed by atoms with Gasteiger partial charge in [0, 0.05) is 19.2 Å². The molecule has 0 aromatic heterocycles. The predicted molar refractivity (Wildman–Crippen MR) is 82.0 cm³/mol. The third-order valence-corrected chi connectivity index (χ3v) is 3.16. The molecule has 0 radical (unpaired) electrons. The van der Waals surface area contributed by atoms with Crippen LogP contribution in [-0.2, 0) is 11.3 Å². The van der Waals surface area contributed by atoms with Crippen LogP contribution < -0.4 is 10.1 Å². The molecule has 3 nitrogen and oxygen atoms in total. The molecule has 0 saturated heterocycles. The largest absolute Gasteiger partial charge is 0.491 e. The number of nitrogens with one attached hydrogen (secondary N) is 1. The van der Waals surface area contributed by atoms with E-state index in [2.05, 4.69) is 5.32 Å². The lowest BCUT2D eigenvalue weighted by Gasteiger charge is -2.14. The van der Waals surface area contributed by atoms with E-state index in [1.807, 2.05) is 31.3 Å². The van der Waals surface area contributed by atoms with Crippen molar-refractivity contribution in [3.8, 4) is 16.9 Å². The number of benzene rings is 2. The number of ether oxygens (including phenoxy) is 2. The van der Waals surface area contributed by atoms with Gasteiger partial charge in [-0.3, -0.25) is 0 Å². The van der Waals surface area contributed by atoms with Gasteiger partial charge in [0.05, 0.1) is 6.61 Å². The summed E-state index contributed by atoms with van der Waals surface area (Å²) in [6.07, 6.45) is 0.